The largest absolute Gasteiger partial charge is 0.368 e. The van der Waals surface area contributed by atoms with Crippen LogP contribution in [0.25, 0.3) is 0 Å². The highest BCUT2D eigenvalue weighted by molar-refractivity contribution is 6.29. The van der Waals surface area contributed by atoms with Crippen LogP contribution in [-0.2, 0) is 11.2 Å². The topological polar surface area (TPSA) is 85.1 Å². The summed E-state index contributed by atoms with van der Waals surface area (Å²) >= 11 is 5.64. The molecule has 0 fully saturated rings. The third-order valence-electron chi connectivity index (χ3n) is 3.11. The van der Waals surface area contributed by atoms with E-state index < -0.39 is 40.9 Å². The molecule has 0 bridgehead atoms. The van der Waals surface area contributed by atoms with Gasteiger partial charge in [0, 0.05) is 24.8 Å². The molecule has 1 heterocycles. The second kappa shape index (κ2) is 7.31. The van der Waals surface area contributed by atoms with Crippen LogP contribution in [-0.4, -0.2) is 22.8 Å². The maximum absolute atomic E-state index is 13.6. The summed E-state index contributed by atoms with van der Waals surface area (Å²) in [5.74, 6) is -6.08. The summed E-state index contributed by atoms with van der Waals surface area (Å²) in [7, 11) is 0. The Balaban J connectivity index is 2.20. The van der Waals surface area contributed by atoms with Crippen molar-refractivity contribution < 1.29 is 22.8 Å². The van der Waals surface area contributed by atoms with Gasteiger partial charge >= 0.3 is 0 Å². The van der Waals surface area contributed by atoms with E-state index in [2.05, 4.69) is 10.3 Å². The van der Waals surface area contributed by atoms with Gasteiger partial charge in [-0.25, -0.2) is 18.2 Å². The zero-order valence-corrected chi connectivity index (χ0v) is 12.8. The first-order valence-corrected chi connectivity index (χ1v) is 7.01. The van der Waals surface area contributed by atoms with Crippen molar-refractivity contribution in [3.8, 4) is 0 Å². The molecule has 5 nitrogen and oxygen atoms in total. The minimum Gasteiger partial charge on any atom is -0.368 e. The van der Waals surface area contributed by atoms with Crippen LogP contribution in [0.1, 0.15) is 15.9 Å². The Morgan fingerprint density at radius 3 is 2.33 bits per heavy atom. The zero-order chi connectivity index (χ0) is 17.9. The normalized spacial score (nSPS) is 11.8. The molecule has 0 spiro atoms. The van der Waals surface area contributed by atoms with E-state index in [1.54, 1.807) is 6.07 Å². The van der Waals surface area contributed by atoms with Gasteiger partial charge in [0.1, 0.15) is 34.2 Å². The Labute approximate surface area is 139 Å². The van der Waals surface area contributed by atoms with E-state index >= 15 is 0 Å². The molecule has 9 heteroatoms. The third kappa shape index (κ3) is 4.23. The Bertz CT molecular complexity index is 761. The predicted molar refractivity (Wildman–Crippen MR) is 79.7 cm³/mol. The van der Waals surface area contributed by atoms with Gasteiger partial charge in [-0.3, -0.25) is 9.59 Å². The molecule has 0 aliphatic heterocycles. The molecule has 1 aromatic carbocycles. The van der Waals surface area contributed by atoms with E-state index in [1.165, 1.54) is 12.3 Å². The number of hydrogen-bond acceptors (Lipinski definition) is 3. The molecule has 0 aliphatic carbocycles. The quantitative estimate of drug-likeness (QED) is 0.802. The number of nitrogens with two attached hydrogens (primary N) is 1. The molecule has 1 atom stereocenters. The summed E-state index contributed by atoms with van der Waals surface area (Å²) in [5.41, 5.74) is 4.71. The monoisotopic (exact) mass is 357 g/mol. The van der Waals surface area contributed by atoms with Crippen LogP contribution in [0.2, 0.25) is 5.15 Å². The van der Waals surface area contributed by atoms with Gasteiger partial charge in [-0.15, -0.1) is 0 Å². The number of carbonyl (C=O) groups excluding carboxylic acids is 2. The lowest BCUT2D eigenvalue weighted by atomic mass is 10.1. The van der Waals surface area contributed by atoms with E-state index in [-0.39, 0.29) is 11.6 Å². The van der Waals surface area contributed by atoms with Crippen molar-refractivity contribution in [2.75, 3.05) is 0 Å². The van der Waals surface area contributed by atoms with Crippen LogP contribution in [0.4, 0.5) is 13.2 Å². The first-order valence-electron chi connectivity index (χ1n) is 6.63. The molecule has 1 aromatic heterocycles. The summed E-state index contributed by atoms with van der Waals surface area (Å²) in [6, 6.07) is 2.50. The van der Waals surface area contributed by atoms with Gasteiger partial charge in [0.2, 0.25) is 5.91 Å². The smallest absolute Gasteiger partial charge is 0.257 e. The van der Waals surface area contributed by atoms with Crippen LogP contribution in [0.5, 0.6) is 0 Å². The highest BCUT2D eigenvalue weighted by atomic mass is 35.5. The SMILES string of the molecule is NC(=O)[C@@H](Cc1ccc(Cl)nc1)NC(=O)c1c(F)cc(F)cc1F. The number of halogens is 4. The molecule has 2 rings (SSSR count). The molecule has 126 valence electrons. The molecule has 0 saturated heterocycles. The maximum atomic E-state index is 13.6. The molecule has 0 saturated carbocycles. The Morgan fingerprint density at radius 1 is 1.21 bits per heavy atom. The van der Waals surface area contributed by atoms with Crippen molar-refractivity contribution in [1.82, 2.24) is 10.3 Å². The van der Waals surface area contributed by atoms with Crippen molar-refractivity contribution in [2.45, 2.75) is 12.5 Å². The van der Waals surface area contributed by atoms with Crippen LogP contribution in [0.3, 0.4) is 0 Å². The van der Waals surface area contributed by atoms with Crippen molar-refractivity contribution in [2.24, 2.45) is 5.73 Å². The molecular formula is C15H11ClF3N3O2. The van der Waals surface area contributed by atoms with E-state index in [1.807, 2.05) is 0 Å². The fourth-order valence-corrected chi connectivity index (χ4v) is 2.09. The summed E-state index contributed by atoms with van der Waals surface area (Å²) in [6.45, 7) is 0. The Hall–Kier alpha value is -2.61. The Morgan fingerprint density at radius 2 is 1.83 bits per heavy atom. The lowest BCUT2D eigenvalue weighted by molar-refractivity contribution is -0.119. The summed E-state index contributed by atoms with van der Waals surface area (Å²) in [5, 5.41) is 2.35. The number of nitrogens with one attached hydrogen (secondary N) is 1. The molecule has 2 amide bonds. The summed E-state index contributed by atoms with van der Waals surface area (Å²) < 4.78 is 40.1. The number of carbonyl (C=O) groups is 2. The third-order valence-corrected chi connectivity index (χ3v) is 3.33. The first-order chi connectivity index (χ1) is 11.3. The number of nitrogens with zero attached hydrogens (tertiary/aromatic N) is 1. The van der Waals surface area contributed by atoms with Crippen LogP contribution >= 0.6 is 11.6 Å². The van der Waals surface area contributed by atoms with E-state index in [0.717, 1.165) is 0 Å². The molecular weight excluding hydrogens is 347 g/mol. The van der Waals surface area contributed by atoms with Crippen LogP contribution in [0.15, 0.2) is 30.5 Å². The standard InChI is InChI=1S/C15H11ClF3N3O2/c16-12-2-1-7(6-21-12)3-11(14(20)23)22-15(24)13-9(18)4-8(17)5-10(13)19/h1-2,4-6,11H,3H2,(H2,20,23)(H,22,24)/t11-/m1/s1. The van der Waals surface area contributed by atoms with Gasteiger partial charge in [-0.1, -0.05) is 17.7 Å². The second-order valence-corrected chi connectivity index (χ2v) is 5.25. The predicted octanol–water partition coefficient (Wildman–Crippen LogP) is 1.98. The van der Waals surface area contributed by atoms with Crippen molar-refractivity contribution in [1.29, 1.82) is 0 Å². The molecule has 0 radical (unpaired) electrons. The summed E-state index contributed by atoms with van der Waals surface area (Å²) in [4.78, 5) is 27.3. The summed E-state index contributed by atoms with van der Waals surface area (Å²) in [6.07, 6.45) is 1.30. The fraction of sp³-hybridized carbons (Fsp3) is 0.133. The number of amides is 2. The number of pyridine rings is 1. The fourth-order valence-electron chi connectivity index (χ4n) is 1.98. The van der Waals surface area contributed by atoms with Gasteiger partial charge in [0.05, 0.1) is 0 Å². The highest BCUT2D eigenvalue weighted by Crippen LogP contribution is 2.15. The zero-order valence-electron chi connectivity index (χ0n) is 12.0. The van der Waals surface area contributed by atoms with Crippen LogP contribution < -0.4 is 11.1 Å². The minimum absolute atomic E-state index is 0.0598. The van der Waals surface area contributed by atoms with Gasteiger partial charge in [0.15, 0.2) is 0 Å². The highest BCUT2D eigenvalue weighted by Gasteiger charge is 2.24. The van der Waals surface area contributed by atoms with E-state index in [9.17, 15) is 22.8 Å². The molecule has 24 heavy (non-hydrogen) atoms. The minimum atomic E-state index is -1.39. The van der Waals surface area contributed by atoms with Crippen LogP contribution in [0, 0.1) is 17.5 Å². The number of rotatable bonds is 5. The van der Waals surface area contributed by atoms with E-state index in [4.69, 9.17) is 17.3 Å². The second-order valence-electron chi connectivity index (χ2n) is 4.87. The average Bonchev–Trinajstić information content (AvgIpc) is 2.47. The number of benzene rings is 1. The molecule has 3 N–H and O–H groups in total. The lowest BCUT2D eigenvalue weighted by Crippen LogP contribution is -2.46. The van der Waals surface area contributed by atoms with Crippen molar-refractivity contribution >= 4 is 23.4 Å². The maximum Gasteiger partial charge on any atom is 0.257 e. The first kappa shape index (κ1) is 17.7. The van der Waals surface area contributed by atoms with Gasteiger partial charge in [0.25, 0.3) is 5.91 Å². The lowest BCUT2D eigenvalue weighted by Gasteiger charge is -2.16. The molecule has 2 aromatic rings. The molecule has 0 unspecified atom stereocenters. The number of primary amides is 1. The van der Waals surface area contributed by atoms with Crippen molar-refractivity contribution in [3.63, 3.8) is 0 Å². The number of aromatic nitrogens is 1. The van der Waals surface area contributed by atoms with Gasteiger partial charge in [-0.05, 0) is 11.6 Å². The Kier molecular flexibility index (Phi) is 5.40. The van der Waals surface area contributed by atoms with E-state index in [0.29, 0.717) is 17.7 Å². The number of hydrogen-bond donors (Lipinski definition) is 2. The average molecular weight is 358 g/mol. The van der Waals surface area contributed by atoms with Crippen molar-refractivity contribution in [3.05, 3.63) is 64.2 Å². The molecule has 0 aliphatic rings. The van der Waals surface area contributed by atoms with Gasteiger partial charge < -0.3 is 11.1 Å². The van der Waals surface area contributed by atoms with Gasteiger partial charge in [-0.2, -0.15) is 0 Å².